The molecule has 1 saturated carbocycles. The lowest BCUT2D eigenvalue weighted by Gasteiger charge is -2.38. The minimum Gasteiger partial charge on any atom is -0.475 e. The van der Waals surface area contributed by atoms with E-state index < -0.39 is 22.9 Å². The molecule has 2 heterocycles. The van der Waals surface area contributed by atoms with Crippen LogP contribution >= 0.6 is 27.5 Å². The Bertz CT molecular complexity index is 1160. The number of Topliss-reactive ketones (excluding diaryl/α,β-unsaturated/α-hetero) is 1. The summed E-state index contributed by atoms with van der Waals surface area (Å²) in [5.74, 6) is -0.803. The molecule has 1 aliphatic carbocycles. The van der Waals surface area contributed by atoms with Gasteiger partial charge in [0.05, 0.1) is 10.9 Å². The summed E-state index contributed by atoms with van der Waals surface area (Å²) < 4.78 is 7.31. The van der Waals surface area contributed by atoms with Crippen LogP contribution in [-0.2, 0) is 16.0 Å². The molecule has 0 bridgehead atoms. The predicted molar refractivity (Wildman–Crippen MR) is 113 cm³/mol. The number of ether oxygens (including phenoxy) is 1. The number of fused-ring (bicyclic) bond motifs is 3. The predicted octanol–water partition coefficient (Wildman–Crippen LogP) is 4.90. The molecule has 1 aliphatic heterocycles. The van der Waals surface area contributed by atoms with Gasteiger partial charge in [0.1, 0.15) is 11.4 Å². The number of aromatic nitrogens is 1. The minimum atomic E-state index is -2.02. The molecular formula is C23H15BrClNO3. The largest absolute Gasteiger partial charge is 0.475 e. The average molecular weight is 469 g/mol. The van der Waals surface area contributed by atoms with Crippen LogP contribution in [0.2, 0.25) is 5.02 Å². The fourth-order valence-corrected chi connectivity index (χ4v) is 4.97. The van der Waals surface area contributed by atoms with Crippen molar-refractivity contribution >= 4 is 33.3 Å². The summed E-state index contributed by atoms with van der Waals surface area (Å²) in [5, 5.41) is 12.3. The SMILES string of the molecule is C=C1C(=O)[C@@]2(O)c3ncc(Cl)cc3O[C@@]2(c2ccc(Br)cc2)[C@@H]1c1ccccc1. The Hall–Kier alpha value is -2.47. The lowest BCUT2D eigenvalue weighted by molar-refractivity contribution is -0.150. The first kappa shape index (κ1) is 18.6. The second-order valence-corrected chi connectivity index (χ2v) is 8.61. The standard InChI is InChI=1S/C23H15BrClNO3/c1-13-19(14-5-3-2-4-6-14)23(15-7-9-16(24)10-8-15)22(28,21(13)27)20-18(29-23)11-17(25)12-26-20/h2-12,19,28H,1H2/t19-,22-,23-/m0/s1. The summed E-state index contributed by atoms with van der Waals surface area (Å²) in [4.78, 5) is 17.8. The Kier molecular flexibility index (Phi) is 4.01. The van der Waals surface area contributed by atoms with Crippen molar-refractivity contribution in [1.82, 2.24) is 4.98 Å². The number of benzene rings is 2. The first-order valence-corrected chi connectivity index (χ1v) is 10.2. The van der Waals surface area contributed by atoms with Gasteiger partial charge < -0.3 is 9.84 Å². The van der Waals surface area contributed by atoms with E-state index in [1.807, 2.05) is 54.6 Å². The van der Waals surface area contributed by atoms with E-state index in [-0.39, 0.29) is 11.3 Å². The van der Waals surface area contributed by atoms with E-state index in [1.54, 1.807) is 6.07 Å². The van der Waals surface area contributed by atoms with Gasteiger partial charge in [0, 0.05) is 27.9 Å². The summed E-state index contributed by atoms with van der Waals surface area (Å²) in [7, 11) is 0. The molecule has 1 fully saturated rings. The zero-order valence-electron chi connectivity index (χ0n) is 15.1. The fraction of sp³-hybridized carbons (Fsp3) is 0.130. The van der Waals surface area contributed by atoms with E-state index in [2.05, 4.69) is 27.5 Å². The number of nitrogens with zero attached hydrogens (tertiary/aromatic N) is 1. The van der Waals surface area contributed by atoms with E-state index in [4.69, 9.17) is 16.3 Å². The van der Waals surface area contributed by atoms with Crippen molar-refractivity contribution in [2.24, 2.45) is 0 Å². The third-order valence-corrected chi connectivity index (χ3v) is 6.49. The number of hydrogen-bond donors (Lipinski definition) is 1. The Morgan fingerprint density at radius 2 is 1.83 bits per heavy atom. The van der Waals surface area contributed by atoms with Crippen LogP contribution in [0.25, 0.3) is 0 Å². The molecule has 0 radical (unpaired) electrons. The molecule has 4 nitrogen and oxygen atoms in total. The Labute approximate surface area is 180 Å². The average Bonchev–Trinajstić information content (AvgIpc) is 3.07. The van der Waals surface area contributed by atoms with Crippen LogP contribution in [0.5, 0.6) is 5.75 Å². The first-order chi connectivity index (χ1) is 13.9. The van der Waals surface area contributed by atoms with E-state index in [0.29, 0.717) is 16.3 Å². The highest BCUT2D eigenvalue weighted by Gasteiger charge is 2.75. The number of carbonyl (C=O) groups is 1. The molecular weight excluding hydrogens is 454 g/mol. The van der Waals surface area contributed by atoms with Crippen LogP contribution in [-0.4, -0.2) is 15.9 Å². The van der Waals surface area contributed by atoms with Crippen molar-refractivity contribution in [3.8, 4) is 5.75 Å². The number of ketones is 1. The molecule has 0 spiro atoms. The minimum absolute atomic E-state index is 0.161. The molecule has 29 heavy (non-hydrogen) atoms. The quantitative estimate of drug-likeness (QED) is 0.544. The van der Waals surface area contributed by atoms with Gasteiger partial charge in [-0.05, 0) is 17.7 Å². The molecule has 2 aliphatic rings. The van der Waals surface area contributed by atoms with Gasteiger partial charge in [0.15, 0.2) is 5.60 Å². The smallest absolute Gasteiger partial charge is 0.218 e. The van der Waals surface area contributed by atoms with E-state index >= 15 is 0 Å². The number of pyridine rings is 1. The van der Waals surface area contributed by atoms with Gasteiger partial charge in [-0.2, -0.15) is 0 Å². The number of aliphatic hydroxyl groups is 1. The van der Waals surface area contributed by atoms with Crippen LogP contribution in [0, 0.1) is 0 Å². The van der Waals surface area contributed by atoms with Crippen molar-refractivity contribution in [3.05, 3.63) is 105 Å². The number of hydrogen-bond acceptors (Lipinski definition) is 4. The molecule has 6 heteroatoms. The normalized spacial score (nSPS) is 27.5. The van der Waals surface area contributed by atoms with Gasteiger partial charge >= 0.3 is 0 Å². The first-order valence-electron chi connectivity index (χ1n) is 9.01. The number of carbonyl (C=O) groups excluding carboxylic acids is 1. The van der Waals surface area contributed by atoms with Gasteiger partial charge in [-0.15, -0.1) is 0 Å². The van der Waals surface area contributed by atoms with Crippen LogP contribution < -0.4 is 4.74 Å². The van der Waals surface area contributed by atoms with Crippen LogP contribution in [0.1, 0.15) is 22.7 Å². The van der Waals surface area contributed by atoms with Gasteiger partial charge in [0.2, 0.25) is 11.4 Å². The van der Waals surface area contributed by atoms with Gasteiger partial charge in [-0.1, -0.05) is 76.6 Å². The van der Waals surface area contributed by atoms with Crippen LogP contribution in [0.4, 0.5) is 0 Å². The van der Waals surface area contributed by atoms with Crippen molar-refractivity contribution in [3.63, 3.8) is 0 Å². The third kappa shape index (κ3) is 2.29. The third-order valence-electron chi connectivity index (χ3n) is 5.75. The van der Waals surface area contributed by atoms with E-state index in [9.17, 15) is 9.90 Å². The molecule has 3 atom stereocenters. The second kappa shape index (κ2) is 6.26. The molecule has 0 unspecified atom stereocenters. The summed E-state index contributed by atoms with van der Waals surface area (Å²) in [5.41, 5.74) is -1.54. The molecule has 2 aromatic carbocycles. The van der Waals surface area contributed by atoms with E-state index in [1.165, 1.54) is 6.20 Å². The summed E-state index contributed by atoms with van der Waals surface area (Å²) in [6.45, 7) is 4.05. The molecule has 0 amide bonds. The summed E-state index contributed by atoms with van der Waals surface area (Å²) in [6, 6.07) is 18.4. The molecule has 144 valence electrons. The summed E-state index contributed by atoms with van der Waals surface area (Å²) in [6.07, 6.45) is 1.41. The zero-order valence-corrected chi connectivity index (χ0v) is 17.4. The number of halogens is 2. The van der Waals surface area contributed by atoms with Crippen molar-refractivity contribution in [1.29, 1.82) is 0 Å². The maximum absolute atomic E-state index is 13.5. The van der Waals surface area contributed by atoms with Crippen molar-refractivity contribution in [2.45, 2.75) is 17.1 Å². The Morgan fingerprint density at radius 3 is 2.52 bits per heavy atom. The monoisotopic (exact) mass is 467 g/mol. The fourth-order valence-electron chi connectivity index (χ4n) is 4.56. The van der Waals surface area contributed by atoms with Gasteiger partial charge in [-0.25, -0.2) is 0 Å². The van der Waals surface area contributed by atoms with E-state index in [0.717, 1.165) is 10.0 Å². The highest BCUT2D eigenvalue weighted by molar-refractivity contribution is 9.10. The maximum atomic E-state index is 13.5. The van der Waals surface area contributed by atoms with Crippen molar-refractivity contribution in [2.75, 3.05) is 0 Å². The highest BCUT2D eigenvalue weighted by Crippen LogP contribution is 2.66. The molecule has 5 rings (SSSR count). The van der Waals surface area contributed by atoms with Crippen LogP contribution in [0.3, 0.4) is 0 Å². The van der Waals surface area contributed by atoms with Gasteiger partial charge in [-0.3, -0.25) is 9.78 Å². The maximum Gasteiger partial charge on any atom is 0.218 e. The van der Waals surface area contributed by atoms with Crippen LogP contribution in [0.15, 0.2) is 83.5 Å². The highest BCUT2D eigenvalue weighted by atomic mass is 79.9. The summed E-state index contributed by atoms with van der Waals surface area (Å²) >= 11 is 9.56. The topological polar surface area (TPSA) is 59.4 Å². The zero-order chi connectivity index (χ0) is 20.4. The lowest BCUT2D eigenvalue weighted by atomic mass is 9.72. The Morgan fingerprint density at radius 1 is 1.14 bits per heavy atom. The lowest BCUT2D eigenvalue weighted by Crippen LogP contribution is -2.51. The molecule has 1 N–H and O–H groups in total. The van der Waals surface area contributed by atoms with Crippen molar-refractivity contribution < 1.29 is 14.6 Å². The molecule has 0 saturated heterocycles. The van der Waals surface area contributed by atoms with Gasteiger partial charge in [0.25, 0.3) is 0 Å². The molecule has 1 aromatic heterocycles. The molecule has 3 aromatic rings. The Balaban J connectivity index is 1.86. The second-order valence-electron chi connectivity index (χ2n) is 7.25. The number of rotatable bonds is 2.